The average Bonchev–Trinajstić information content (AvgIpc) is 2.45. The summed E-state index contributed by atoms with van der Waals surface area (Å²) in [5, 5.41) is 0. The van der Waals surface area contributed by atoms with Gasteiger partial charge in [0.25, 0.3) is 0 Å². The Hall–Kier alpha value is -1.74. The van der Waals surface area contributed by atoms with Gasteiger partial charge in [-0.25, -0.2) is 0 Å². The highest BCUT2D eigenvalue weighted by molar-refractivity contribution is 9.10. The van der Waals surface area contributed by atoms with Crippen molar-refractivity contribution >= 4 is 28.1 Å². The number of benzene rings is 2. The van der Waals surface area contributed by atoms with Crippen LogP contribution in [0.15, 0.2) is 46.9 Å². The second kappa shape index (κ2) is 6.43. The molecule has 3 heteroatoms. The maximum atomic E-state index is 5.40. The van der Waals surface area contributed by atoms with Crippen LogP contribution in [0.2, 0.25) is 0 Å². The Morgan fingerprint density at radius 3 is 2.21 bits per heavy atom. The van der Waals surface area contributed by atoms with Crippen molar-refractivity contribution in [3.63, 3.8) is 0 Å². The van der Waals surface area contributed by atoms with Crippen LogP contribution in [0.25, 0.3) is 12.2 Å². The van der Waals surface area contributed by atoms with Gasteiger partial charge in [0.2, 0.25) is 0 Å². The largest absolute Gasteiger partial charge is 0.493 e. The molecule has 0 saturated carbocycles. The van der Waals surface area contributed by atoms with Crippen molar-refractivity contribution in [2.24, 2.45) is 0 Å². The van der Waals surface area contributed by atoms with Crippen LogP contribution in [0.4, 0.5) is 0 Å². The van der Waals surface area contributed by atoms with Gasteiger partial charge in [0.1, 0.15) is 0 Å². The van der Waals surface area contributed by atoms with Crippen molar-refractivity contribution in [2.75, 3.05) is 14.2 Å². The van der Waals surface area contributed by atoms with Crippen molar-refractivity contribution in [3.8, 4) is 11.5 Å². The summed E-state index contributed by atoms with van der Waals surface area (Å²) in [6.07, 6.45) is 4.06. The van der Waals surface area contributed by atoms with Gasteiger partial charge in [-0.15, -0.1) is 0 Å². The summed E-state index contributed by atoms with van der Waals surface area (Å²) < 4.78 is 11.7. The number of hydrogen-bond acceptors (Lipinski definition) is 2. The molecule has 0 unspecified atom stereocenters. The number of halogens is 1. The van der Waals surface area contributed by atoms with Gasteiger partial charge in [-0.2, -0.15) is 0 Å². The summed E-state index contributed by atoms with van der Waals surface area (Å²) in [4.78, 5) is 0. The van der Waals surface area contributed by atoms with Gasteiger partial charge >= 0.3 is 0 Å². The van der Waals surface area contributed by atoms with Crippen LogP contribution < -0.4 is 9.47 Å². The molecule has 2 aromatic carbocycles. The topological polar surface area (TPSA) is 18.5 Å². The highest BCUT2D eigenvalue weighted by Crippen LogP contribution is 2.32. The maximum Gasteiger partial charge on any atom is 0.167 e. The van der Waals surface area contributed by atoms with E-state index in [2.05, 4.69) is 15.9 Å². The molecule has 0 N–H and O–H groups in total. The Balaban J connectivity index is 2.36. The normalized spacial score (nSPS) is 10.7. The van der Waals surface area contributed by atoms with E-state index in [1.807, 2.05) is 54.6 Å². The zero-order chi connectivity index (χ0) is 13.7. The van der Waals surface area contributed by atoms with Crippen molar-refractivity contribution < 1.29 is 9.47 Å². The molecule has 0 saturated heterocycles. The third kappa shape index (κ3) is 3.18. The number of para-hydroxylation sites is 1. The molecule has 98 valence electrons. The fourth-order valence-corrected chi connectivity index (χ4v) is 2.25. The van der Waals surface area contributed by atoms with Crippen LogP contribution in [-0.4, -0.2) is 14.2 Å². The smallest absolute Gasteiger partial charge is 0.167 e. The first-order chi connectivity index (χ1) is 9.26. The molecule has 0 aromatic heterocycles. The predicted octanol–water partition coefficient (Wildman–Crippen LogP) is 4.64. The monoisotopic (exact) mass is 318 g/mol. The second-order valence-corrected chi connectivity index (χ2v) is 4.79. The summed E-state index contributed by atoms with van der Waals surface area (Å²) in [5.74, 6) is 1.48. The number of methoxy groups -OCH3 is 2. The molecule has 0 aliphatic heterocycles. The molecular weight excluding hydrogens is 304 g/mol. The van der Waals surface area contributed by atoms with Crippen LogP contribution in [0.5, 0.6) is 11.5 Å². The first-order valence-electron chi connectivity index (χ1n) is 5.90. The van der Waals surface area contributed by atoms with Gasteiger partial charge in [-0.05, 0) is 17.7 Å². The molecule has 0 bridgehead atoms. The quantitative estimate of drug-likeness (QED) is 0.765. The van der Waals surface area contributed by atoms with E-state index in [1.165, 1.54) is 0 Å². The molecular formula is C16H15BrO2. The first kappa shape index (κ1) is 13.7. The zero-order valence-corrected chi connectivity index (χ0v) is 12.5. The molecule has 0 amide bonds. The fourth-order valence-electron chi connectivity index (χ4n) is 1.83. The van der Waals surface area contributed by atoms with E-state index >= 15 is 0 Å². The van der Waals surface area contributed by atoms with Gasteiger partial charge in [0, 0.05) is 10.0 Å². The van der Waals surface area contributed by atoms with Crippen LogP contribution in [-0.2, 0) is 0 Å². The minimum atomic E-state index is 0.733. The zero-order valence-electron chi connectivity index (χ0n) is 10.9. The van der Waals surface area contributed by atoms with Gasteiger partial charge in [-0.3, -0.25) is 0 Å². The Labute approximate surface area is 121 Å². The minimum absolute atomic E-state index is 0.733. The lowest BCUT2D eigenvalue weighted by Gasteiger charge is -2.09. The Kier molecular flexibility index (Phi) is 4.63. The SMILES string of the molecule is COc1cccc(C=Cc2ccccc2Br)c1OC. The van der Waals surface area contributed by atoms with Crippen LogP contribution >= 0.6 is 15.9 Å². The lowest BCUT2D eigenvalue weighted by atomic mass is 10.1. The van der Waals surface area contributed by atoms with Crippen molar-refractivity contribution in [3.05, 3.63) is 58.1 Å². The van der Waals surface area contributed by atoms with Gasteiger partial charge in [-0.1, -0.05) is 58.4 Å². The highest BCUT2D eigenvalue weighted by Gasteiger charge is 2.06. The van der Waals surface area contributed by atoms with E-state index in [1.54, 1.807) is 14.2 Å². The molecule has 0 atom stereocenters. The van der Waals surface area contributed by atoms with Crippen molar-refractivity contribution in [1.82, 2.24) is 0 Å². The van der Waals surface area contributed by atoms with Crippen LogP contribution in [0.3, 0.4) is 0 Å². The molecule has 2 nitrogen and oxygen atoms in total. The van der Waals surface area contributed by atoms with Crippen molar-refractivity contribution in [2.45, 2.75) is 0 Å². The molecule has 0 aliphatic rings. The van der Waals surface area contributed by atoms with E-state index in [4.69, 9.17) is 9.47 Å². The minimum Gasteiger partial charge on any atom is -0.493 e. The highest BCUT2D eigenvalue weighted by atomic mass is 79.9. The number of hydrogen-bond donors (Lipinski definition) is 0. The van der Waals surface area contributed by atoms with Gasteiger partial charge in [0.05, 0.1) is 14.2 Å². The molecule has 0 fully saturated rings. The molecule has 2 rings (SSSR count). The van der Waals surface area contributed by atoms with E-state index in [9.17, 15) is 0 Å². The lowest BCUT2D eigenvalue weighted by Crippen LogP contribution is -1.92. The molecule has 0 aliphatic carbocycles. The van der Waals surface area contributed by atoms with E-state index in [0.29, 0.717) is 0 Å². The third-order valence-electron chi connectivity index (χ3n) is 2.78. The lowest BCUT2D eigenvalue weighted by molar-refractivity contribution is 0.354. The molecule has 19 heavy (non-hydrogen) atoms. The van der Waals surface area contributed by atoms with E-state index in [0.717, 1.165) is 27.1 Å². The summed E-state index contributed by atoms with van der Waals surface area (Å²) in [7, 11) is 3.28. The van der Waals surface area contributed by atoms with Crippen molar-refractivity contribution in [1.29, 1.82) is 0 Å². The molecule has 0 radical (unpaired) electrons. The molecule has 0 heterocycles. The Morgan fingerprint density at radius 1 is 0.842 bits per heavy atom. The molecule has 0 spiro atoms. The first-order valence-corrected chi connectivity index (χ1v) is 6.69. The van der Waals surface area contributed by atoms with E-state index in [-0.39, 0.29) is 0 Å². The summed E-state index contributed by atoms with van der Waals surface area (Å²) in [6.45, 7) is 0. The summed E-state index contributed by atoms with van der Waals surface area (Å²) in [6, 6.07) is 13.9. The average molecular weight is 319 g/mol. The Bertz CT molecular complexity index is 591. The molecule has 2 aromatic rings. The summed E-state index contributed by atoms with van der Waals surface area (Å²) in [5.41, 5.74) is 2.10. The van der Waals surface area contributed by atoms with E-state index < -0.39 is 0 Å². The number of ether oxygens (including phenoxy) is 2. The fraction of sp³-hybridized carbons (Fsp3) is 0.125. The second-order valence-electron chi connectivity index (χ2n) is 3.94. The van der Waals surface area contributed by atoms with Gasteiger partial charge < -0.3 is 9.47 Å². The number of rotatable bonds is 4. The van der Waals surface area contributed by atoms with Gasteiger partial charge in [0.15, 0.2) is 11.5 Å². The third-order valence-corrected chi connectivity index (χ3v) is 3.50. The standard InChI is InChI=1S/C16H15BrO2/c1-18-15-9-5-7-13(16(15)19-2)11-10-12-6-3-4-8-14(12)17/h3-11H,1-2H3. The van der Waals surface area contributed by atoms with Crippen LogP contribution in [0, 0.1) is 0 Å². The Morgan fingerprint density at radius 2 is 1.53 bits per heavy atom. The predicted molar refractivity (Wildman–Crippen MR) is 82.6 cm³/mol. The summed E-state index contributed by atoms with van der Waals surface area (Å²) >= 11 is 3.53. The maximum absolute atomic E-state index is 5.40. The van der Waals surface area contributed by atoms with Crippen LogP contribution in [0.1, 0.15) is 11.1 Å².